The molecular weight excluding hydrogens is 391 g/mol. The lowest BCUT2D eigenvalue weighted by Crippen LogP contribution is -2.25. The van der Waals surface area contributed by atoms with Crippen molar-refractivity contribution < 1.29 is 9.63 Å². The Hall–Kier alpha value is -0.510. The Kier molecular flexibility index (Phi) is 9.37. The van der Waals surface area contributed by atoms with E-state index in [9.17, 15) is 4.79 Å². The molecule has 11 heteroatoms. The van der Waals surface area contributed by atoms with Gasteiger partial charge in [0.2, 0.25) is 0 Å². The standard InChI is InChI=1S/C11H13Cl3N4O2S2/c1-10(2,7-16)8(21-6-4-5-15)17-20-9(19)18(3)22-11(12,13)14/h4,6H2,1-3H3/b17-8-. The summed E-state index contributed by atoms with van der Waals surface area (Å²) in [6.07, 6.45) is -0.578. The molecular formula is C11H13Cl3N4O2S2. The molecule has 0 atom stereocenters. The van der Waals surface area contributed by atoms with Crippen LogP contribution in [-0.4, -0.2) is 31.4 Å². The van der Waals surface area contributed by atoms with Crippen LogP contribution in [0.15, 0.2) is 5.16 Å². The Morgan fingerprint density at radius 3 is 2.41 bits per heavy atom. The maximum absolute atomic E-state index is 11.7. The lowest BCUT2D eigenvalue weighted by molar-refractivity contribution is 0.136. The normalized spacial score (nSPS) is 12.3. The number of carbonyl (C=O) groups excluding carboxylic acids is 1. The Morgan fingerprint density at radius 2 is 1.95 bits per heavy atom. The van der Waals surface area contributed by atoms with Crippen LogP contribution in [0.1, 0.15) is 20.3 Å². The molecule has 0 radical (unpaired) electrons. The molecule has 22 heavy (non-hydrogen) atoms. The van der Waals surface area contributed by atoms with Crippen LogP contribution in [0.4, 0.5) is 4.79 Å². The van der Waals surface area contributed by atoms with Crippen LogP contribution in [0.5, 0.6) is 0 Å². The van der Waals surface area contributed by atoms with Crippen molar-refractivity contribution in [3.63, 3.8) is 0 Å². The summed E-state index contributed by atoms with van der Waals surface area (Å²) in [6.45, 7) is 3.25. The predicted molar refractivity (Wildman–Crippen MR) is 91.6 cm³/mol. The predicted octanol–water partition coefficient (Wildman–Crippen LogP) is 4.54. The average molecular weight is 404 g/mol. The van der Waals surface area contributed by atoms with Gasteiger partial charge in [0, 0.05) is 31.2 Å². The van der Waals surface area contributed by atoms with Gasteiger partial charge < -0.3 is 0 Å². The molecule has 122 valence electrons. The van der Waals surface area contributed by atoms with Crippen molar-refractivity contribution in [2.24, 2.45) is 10.6 Å². The van der Waals surface area contributed by atoms with Crippen LogP contribution >= 0.6 is 58.5 Å². The van der Waals surface area contributed by atoms with E-state index < -0.39 is 14.6 Å². The zero-order chi connectivity index (χ0) is 17.4. The van der Waals surface area contributed by atoms with Gasteiger partial charge in [-0.2, -0.15) is 10.5 Å². The smallest absolute Gasteiger partial charge is 0.296 e. The monoisotopic (exact) mass is 402 g/mol. The summed E-state index contributed by atoms with van der Waals surface area (Å²) in [7, 11) is 1.35. The number of halogens is 3. The number of hydrogen-bond donors (Lipinski definition) is 0. The van der Waals surface area contributed by atoms with E-state index in [-0.39, 0.29) is 11.5 Å². The summed E-state index contributed by atoms with van der Waals surface area (Å²) in [6, 6.07) is 4.03. The first-order chi connectivity index (χ1) is 10.0. The number of thioether (sulfide) groups is 1. The van der Waals surface area contributed by atoms with Gasteiger partial charge in [0.1, 0.15) is 10.5 Å². The van der Waals surface area contributed by atoms with E-state index in [1.807, 2.05) is 6.07 Å². The molecule has 0 saturated carbocycles. The highest BCUT2D eigenvalue weighted by Crippen LogP contribution is 2.40. The first-order valence-electron chi connectivity index (χ1n) is 5.73. The summed E-state index contributed by atoms with van der Waals surface area (Å²) in [5.74, 6) is 0.427. The van der Waals surface area contributed by atoms with Crippen LogP contribution in [0, 0.1) is 28.1 Å². The number of carbonyl (C=O) groups is 1. The van der Waals surface area contributed by atoms with Crippen molar-refractivity contribution in [3.05, 3.63) is 0 Å². The van der Waals surface area contributed by atoms with Crippen molar-refractivity contribution in [2.45, 2.75) is 23.4 Å². The second-order valence-electron chi connectivity index (χ2n) is 4.28. The van der Waals surface area contributed by atoms with Crippen LogP contribution < -0.4 is 0 Å². The minimum absolute atomic E-state index is 0.280. The third-order valence-electron chi connectivity index (χ3n) is 1.97. The molecule has 0 aliphatic rings. The fourth-order valence-corrected chi connectivity index (χ4v) is 3.13. The molecule has 0 fully saturated rings. The summed E-state index contributed by atoms with van der Waals surface area (Å²) >= 11 is 18.4. The number of rotatable bonds is 5. The molecule has 0 unspecified atom stereocenters. The molecule has 0 aliphatic carbocycles. The molecule has 0 saturated heterocycles. The molecule has 0 rings (SSSR count). The van der Waals surface area contributed by atoms with Crippen molar-refractivity contribution in [1.29, 1.82) is 10.5 Å². The van der Waals surface area contributed by atoms with E-state index in [1.165, 1.54) is 18.8 Å². The van der Waals surface area contributed by atoms with E-state index in [1.54, 1.807) is 13.8 Å². The topological polar surface area (TPSA) is 89.5 Å². The summed E-state index contributed by atoms with van der Waals surface area (Å²) in [4.78, 5) is 16.5. The molecule has 0 aromatic rings. The van der Waals surface area contributed by atoms with Crippen LogP contribution in [0.3, 0.4) is 0 Å². The highest BCUT2D eigenvalue weighted by atomic mass is 35.6. The molecule has 0 spiro atoms. The number of nitrogens with zero attached hydrogens (tertiary/aromatic N) is 4. The second-order valence-corrected chi connectivity index (χ2v) is 9.66. The maximum atomic E-state index is 11.7. The van der Waals surface area contributed by atoms with Gasteiger partial charge >= 0.3 is 6.09 Å². The number of nitriles is 2. The van der Waals surface area contributed by atoms with Gasteiger partial charge in [0.05, 0.1) is 12.1 Å². The van der Waals surface area contributed by atoms with E-state index >= 15 is 0 Å². The number of oxime groups is 1. The SMILES string of the molecule is CN(SC(Cl)(Cl)Cl)C(=O)O/N=C(\SCCC#N)C(C)(C)C#N. The van der Waals surface area contributed by atoms with Gasteiger partial charge in [-0.3, -0.25) is 4.84 Å². The minimum Gasteiger partial charge on any atom is -0.296 e. The van der Waals surface area contributed by atoms with Gasteiger partial charge in [0.25, 0.3) is 3.12 Å². The Balaban J connectivity index is 4.89. The fourth-order valence-electron chi connectivity index (χ4n) is 0.893. The Bertz CT molecular complexity index is 509. The number of hydrogen-bond acceptors (Lipinski definition) is 7. The minimum atomic E-state index is -1.71. The third kappa shape index (κ3) is 8.82. The van der Waals surface area contributed by atoms with E-state index in [4.69, 9.17) is 50.2 Å². The zero-order valence-electron chi connectivity index (χ0n) is 12.0. The van der Waals surface area contributed by atoms with Crippen molar-refractivity contribution in [1.82, 2.24) is 4.31 Å². The third-order valence-corrected chi connectivity index (χ3v) is 4.49. The maximum Gasteiger partial charge on any atom is 0.445 e. The molecule has 0 N–H and O–H groups in total. The summed E-state index contributed by atoms with van der Waals surface area (Å²) < 4.78 is -0.749. The van der Waals surface area contributed by atoms with Crippen LogP contribution in [-0.2, 0) is 4.84 Å². The molecule has 6 nitrogen and oxygen atoms in total. The lowest BCUT2D eigenvalue weighted by atomic mass is 9.98. The first-order valence-corrected chi connectivity index (χ1v) is 8.63. The molecule has 0 aliphatic heterocycles. The molecule has 1 amide bonds. The zero-order valence-corrected chi connectivity index (χ0v) is 15.9. The first kappa shape index (κ1) is 21.5. The van der Waals surface area contributed by atoms with Gasteiger partial charge in [-0.25, -0.2) is 9.10 Å². The van der Waals surface area contributed by atoms with Crippen LogP contribution in [0.25, 0.3) is 0 Å². The van der Waals surface area contributed by atoms with Crippen molar-refractivity contribution >= 4 is 69.6 Å². The molecule has 0 heterocycles. The van der Waals surface area contributed by atoms with Gasteiger partial charge in [-0.15, -0.1) is 11.8 Å². The van der Waals surface area contributed by atoms with E-state index in [0.29, 0.717) is 17.7 Å². The van der Waals surface area contributed by atoms with E-state index in [0.717, 1.165) is 4.31 Å². The van der Waals surface area contributed by atoms with Crippen LogP contribution in [0.2, 0.25) is 0 Å². The number of alkyl halides is 3. The van der Waals surface area contributed by atoms with Gasteiger partial charge in [-0.05, 0) is 13.8 Å². The lowest BCUT2D eigenvalue weighted by Gasteiger charge is -2.19. The largest absolute Gasteiger partial charge is 0.445 e. The average Bonchev–Trinajstić information content (AvgIpc) is 2.40. The van der Waals surface area contributed by atoms with Gasteiger partial charge in [-0.1, -0.05) is 40.0 Å². The summed E-state index contributed by atoms with van der Waals surface area (Å²) in [5, 5.41) is 21.7. The summed E-state index contributed by atoms with van der Waals surface area (Å²) in [5.41, 5.74) is -0.957. The quantitative estimate of drug-likeness (QED) is 0.127. The van der Waals surface area contributed by atoms with Crippen molar-refractivity contribution in [2.75, 3.05) is 12.8 Å². The molecule has 0 aromatic heterocycles. The molecule has 0 bridgehead atoms. The van der Waals surface area contributed by atoms with E-state index in [2.05, 4.69) is 11.2 Å². The van der Waals surface area contributed by atoms with Crippen molar-refractivity contribution in [3.8, 4) is 12.1 Å². The second kappa shape index (κ2) is 9.59. The highest BCUT2D eigenvalue weighted by molar-refractivity contribution is 8.14. The highest BCUT2D eigenvalue weighted by Gasteiger charge is 2.29. The Labute approximate surface area is 152 Å². The number of amides is 1. The fraction of sp³-hybridized carbons (Fsp3) is 0.636. The van der Waals surface area contributed by atoms with Gasteiger partial charge in [0.15, 0.2) is 0 Å². The molecule has 0 aromatic carbocycles. The Morgan fingerprint density at radius 1 is 1.36 bits per heavy atom.